The molecule has 1 fully saturated rings. The second-order valence-corrected chi connectivity index (χ2v) is 2.78. The largest absolute Gasteiger partial charge is 0.396 e. The van der Waals surface area contributed by atoms with Gasteiger partial charge in [0.05, 0.1) is 0 Å². The van der Waals surface area contributed by atoms with Crippen molar-refractivity contribution < 1.29 is 9.50 Å². The first-order chi connectivity index (χ1) is 4.84. The maximum atomic E-state index is 12.9. The number of hydrogen-bond donors (Lipinski definition) is 2. The van der Waals surface area contributed by atoms with Crippen molar-refractivity contribution in [2.45, 2.75) is 19.0 Å². The Labute approximate surface area is 60.4 Å². The smallest absolute Gasteiger partial charge is 0.105 e. The van der Waals surface area contributed by atoms with E-state index in [1.54, 1.807) is 0 Å². The van der Waals surface area contributed by atoms with E-state index in [-0.39, 0.29) is 12.5 Å². The minimum Gasteiger partial charge on any atom is -0.396 e. The molecule has 2 N–H and O–H groups in total. The second kappa shape index (κ2) is 3.88. The molecule has 0 aliphatic carbocycles. The summed E-state index contributed by atoms with van der Waals surface area (Å²) in [4.78, 5) is 0. The van der Waals surface area contributed by atoms with Gasteiger partial charge in [0.25, 0.3) is 0 Å². The van der Waals surface area contributed by atoms with E-state index in [0.29, 0.717) is 12.8 Å². The van der Waals surface area contributed by atoms with E-state index in [2.05, 4.69) is 5.32 Å². The van der Waals surface area contributed by atoms with Crippen molar-refractivity contribution in [2.24, 2.45) is 5.92 Å². The number of aliphatic hydroxyl groups is 1. The molecule has 0 radical (unpaired) electrons. The van der Waals surface area contributed by atoms with Gasteiger partial charge in [0, 0.05) is 19.1 Å². The van der Waals surface area contributed by atoms with Crippen molar-refractivity contribution >= 4 is 0 Å². The lowest BCUT2D eigenvalue weighted by Crippen LogP contribution is -2.38. The molecule has 0 spiro atoms. The minimum absolute atomic E-state index is 0.0405. The van der Waals surface area contributed by atoms with Crippen LogP contribution in [0.3, 0.4) is 0 Å². The van der Waals surface area contributed by atoms with Crippen LogP contribution in [0.4, 0.5) is 4.39 Å². The number of halogens is 1. The van der Waals surface area contributed by atoms with Crippen LogP contribution in [0.5, 0.6) is 0 Å². The molecule has 0 amide bonds. The predicted octanol–water partition coefficient (Wildman–Crippen LogP) is 0.316. The summed E-state index contributed by atoms with van der Waals surface area (Å²) in [6.07, 6.45) is 0.493. The van der Waals surface area contributed by atoms with Crippen LogP contribution in [0.25, 0.3) is 0 Å². The van der Waals surface area contributed by atoms with Gasteiger partial charge in [0.15, 0.2) is 0 Å². The Morgan fingerprint density at radius 2 is 2.40 bits per heavy atom. The molecule has 1 heterocycles. The molecule has 1 saturated heterocycles. The number of rotatable bonds is 2. The van der Waals surface area contributed by atoms with Gasteiger partial charge >= 0.3 is 0 Å². The predicted molar refractivity (Wildman–Crippen MR) is 37.6 cm³/mol. The summed E-state index contributed by atoms with van der Waals surface area (Å²) in [6, 6.07) is 0. The van der Waals surface area contributed by atoms with Crippen LogP contribution in [0.1, 0.15) is 12.8 Å². The standard InChI is InChI=1S/C7H14FNO/c8-7-1-3-9-5-6(7)2-4-10/h6-7,9-10H,1-5H2. The average molecular weight is 147 g/mol. The fourth-order valence-electron chi connectivity index (χ4n) is 1.34. The van der Waals surface area contributed by atoms with Gasteiger partial charge in [-0.1, -0.05) is 0 Å². The van der Waals surface area contributed by atoms with Gasteiger partial charge in [-0.15, -0.1) is 0 Å². The fraction of sp³-hybridized carbons (Fsp3) is 1.00. The Morgan fingerprint density at radius 3 is 3.00 bits per heavy atom. The third kappa shape index (κ3) is 1.92. The number of hydrogen-bond acceptors (Lipinski definition) is 2. The molecular weight excluding hydrogens is 133 g/mol. The Hall–Kier alpha value is -0.150. The van der Waals surface area contributed by atoms with Crippen LogP contribution in [0.15, 0.2) is 0 Å². The number of nitrogens with one attached hydrogen (secondary N) is 1. The summed E-state index contributed by atoms with van der Waals surface area (Å²) < 4.78 is 12.9. The molecule has 10 heavy (non-hydrogen) atoms. The molecule has 0 aromatic carbocycles. The maximum Gasteiger partial charge on any atom is 0.105 e. The van der Waals surface area contributed by atoms with Crippen molar-refractivity contribution in [1.29, 1.82) is 0 Å². The first kappa shape index (κ1) is 7.95. The third-order valence-corrected chi connectivity index (χ3v) is 2.01. The van der Waals surface area contributed by atoms with E-state index in [4.69, 9.17) is 5.11 Å². The first-order valence-corrected chi connectivity index (χ1v) is 3.80. The van der Waals surface area contributed by atoms with Gasteiger partial charge in [0.2, 0.25) is 0 Å². The Kier molecular flexibility index (Phi) is 3.09. The lowest BCUT2D eigenvalue weighted by Gasteiger charge is -2.25. The maximum absolute atomic E-state index is 12.9. The van der Waals surface area contributed by atoms with E-state index >= 15 is 0 Å². The van der Waals surface area contributed by atoms with E-state index in [1.165, 1.54) is 0 Å². The van der Waals surface area contributed by atoms with Crippen molar-refractivity contribution in [3.05, 3.63) is 0 Å². The Bertz CT molecular complexity index is 97.6. The quantitative estimate of drug-likeness (QED) is 0.589. The average Bonchev–Trinajstić information content (AvgIpc) is 1.94. The minimum atomic E-state index is -0.701. The van der Waals surface area contributed by atoms with Crippen LogP contribution in [-0.4, -0.2) is 31.0 Å². The van der Waals surface area contributed by atoms with Gasteiger partial charge < -0.3 is 10.4 Å². The van der Waals surface area contributed by atoms with Crippen LogP contribution >= 0.6 is 0 Å². The summed E-state index contributed by atoms with van der Waals surface area (Å²) in [7, 11) is 0. The molecule has 0 bridgehead atoms. The normalized spacial score (nSPS) is 34.2. The summed E-state index contributed by atoms with van der Waals surface area (Å²) in [5.41, 5.74) is 0. The zero-order chi connectivity index (χ0) is 7.40. The summed E-state index contributed by atoms with van der Waals surface area (Å²) in [6.45, 7) is 1.61. The Balaban J connectivity index is 2.25. The molecule has 60 valence electrons. The Morgan fingerprint density at radius 1 is 1.60 bits per heavy atom. The molecule has 1 rings (SSSR count). The van der Waals surface area contributed by atoms with Gasteiger partial charge in [0.1, 0.15) is 6.17 Å². The van der Waals surface area contributed by atoms with Gasteiger partial charge in [-0.25, -0.2) is 4.39 Å². The zero-order valence-corrected chi connectivity index (χ0v) is 6.02. The zero-order valence-electron chi connectivity index (χ0n) is 6.02. The molecule has 0 aromatic heterocycles. The molecule has 2 atom stereocenters. The van der Waals surface area contributed by atoms with Crippen molar-refractivity contribution in [2.75, 3.05) is 19.7 Å². The highest BCUT2D eigenvalue weighted by Crippen LogP contribution is 2.17. The number of aliphatic hydroxyl groups excluding tert-OH is 1. The molecule has 1 aliphatic heterocycles. The van der Waals surface area contributed by atoms with Crippen molar-refractivity contribution in [1.82, 2.24) is 5.32 Å². The van der Waals surface area contributed by atoms with E-state index in [1.807, 2.05) is 0 Å². The van der Waals surface area contributed by atoms with Crippen LogP contribution in [0, 0.1) is 5.92 Å². The lowest BCUT2D eigenvalue weighted by atomic mass is 9.95. The van der Waals surface area contributed by atoms with Crippen LogP contribution < -0.4 is 5.32 Å². The molecule has 0 aromatic rings. The molecule has 0 saturated carbocycles. The molecule has 2 nitrogen and oxygen atoms in total. The highest BCUT2D eigenvalue weighted by Gasteiger charge is 2.23. The third-order valence-electron chi connectivity index (χ3n) is 2.01. The van der Waals surface area contributed by atoms with Crippen LogP contribution in [-0.2, 0) is 0 Å². The molecule has 3 heteroatoms. The SMILES string of the molecule is OCCC1CNCCC1F. The van der Waals surface area contributed by atoms with Crippen LogP contribution in [0.2, 0.25) is 0 Å². The molecular formula is C7H14FNO. The molecule has 2 unspecified atom stereocenters. The van der Waals surface area contributed by atoms with Gasteiger partial charge in [-0.05, 0) is 19.4 Å². The van der Waals surface area contributed by atoms with Gasteiger partial charge in [-0.3, -0.25) is 0 Å². The summed E-state index contributed by atoms with van der Waals surface area (Å²) >= 11 is 0. The topological polar surface area (TPSA) is 32.3 Å². The monoisotopic (exact) mass is 147 g/mol. The highest BCUT2D eigenvalue weighted by molar-refractivity contribution is 4.76. The molecule has 1 aliphatic rings. The highest BCUT2D eigenvalue weighted by atomic mass is 19.1. The van der Waals surface area contributed by atoms with E-state index in [9.17, 15) is 4.39 Å². The fourth-order valence-corrected chi connectivity index (χ4v) is 1.34. The number of alkyl halides is 1. The van der Waals surface area contributed by atoms with E-state index < -0.39 is 6.17 Å². The van der Waals surface area contributed by atoms with E-state index in [0.717, 1.165) is 13.1 Å². The van der Waals surface area contributed by atoms with Gasteiger partial charge in [-0.2, -0.15) is 0 Å². The second-order valence-electron chi connectivity index (χ2n) is 2.78. The number of piperidine rings is 1. The summed E-state index contributed by atoms with van der Waals surface area (Å²) in [5, 5.41) is 11.6. The van der Waals surface area contributed by atoms with Crippen molar-refractivity contribution in [3.63, 3.8) is 0 Å². The summed E-state index contributed by atoms with van der Waals surface area (Å²) in [5.74, 6) is 0.0405. The lowest BCUT2D eigenvalue weighted by molar-refractivity contribution is 0.143. The van der Waals surface area contributed by atoms with Crippen molar-refractivity contribution in [3.8, 4) is 0 Å². The first-order valence-electron chi connectivity index (χ1n) is 3.80.